The lowest BCUT2D eigenvalue weighted by Gasteiger charge is -2.32. The Bertz CT molecular complexity index is 1040. The van der Waals surface area contributed by atoms with Crippen molar-refractivity contribution in [3.05, 3.63) is 88.5 Å². The van der Waals surface area contributed by atoms with Crippen LogP contribution in [0.25, 0.3) is 0 Å². The van der Waals surface area contributed by atoms with Gasteiger partial charge in [-0.25, -0.2) is 0 Å². The molecule has 2 aromatic carbocycles. The summed E-state index contributed by atoms with van der Waals surface area (Å²) in [7, 11) is 0. The second-order valence-electron chi connectivity index (χ2n) is 6.04. The SMILES string of the molecule is NC1(c2ccc(O)c3c2C(=O)c2ccccc2C3=O)C=CC=CC1=S. The summed E-state index contributed by atoms with van der Waals surface area (Å²) in [5, 5.41) is 10.3. The third-order valence-electron chi connectivity index (χ3n) is 4.63. The molecule has 1 atom stereocenters. The number of hydrogen-bond acceptors (Lipinski definition) is 5. The third-order valence-corrected chi connectivity index (χ3v) is 5.10. The van der Waals surface area contributed by atoms with Gasteiger partial charge in [-0.2, -0.15) is 0 Å². The molecule has 0 spiro atoms. The summed E-state index contributed by atoms with van der Waals surface area (Å²) in [6.45, 7) is 0. The zero-order chi connectivity index (χ0) is 17.8. The summed E-state index contributed by atoms with van der Waals surface area (Å²) in [6.07, 6.45) is 6.90. The van der Waals surface area contributed by atoms with E-state index in [9.17, 15) is 14.7 Å². The average molecular weight is 347 g/mol. The first-order valence-corrected chi connectivity index (χ1v) is 8.10. The largest absolute Gasteiger partial charge is 0.507 e. The normalized spacial score (nSPS) is 21.2. The molecule has 0 heterocycles. The van der Waals surface area contributed by atoms with Crippen molar-refractivity contribution in [3.8, 4) is 5.75 Å². The molecule has 2 aromatic rings. The lowest BCUT2D eigenvalue weighted by atomic mass is 9.74. The highest BCUT2D eigenvalue weighted by molar-refractivity contribution is 7.81. The Kier molecular flexibility index (Phi) is 3.32. The van der Waals surface area contributed by atoms with Crippen LogP contribution < -0.4 is 5.73 Å². The highest BCUT2D eigenvalue weighted by Gasteiger charge is 2.40. The van der Waals surface area contributed by atoms with Crippen molar-refractivity contribution in [2.75, 3.05) is 0 Å². The summed E-state index contributed by atoms with van der Waals surface area (Å²) in [6, 6.07) is 9.51. The highest BCUT2D eigenvalue weighted by atomic mass is 32.1. The Hall–Kier alpha value is -2.89. The van der Waals surface area contributed by atoms with E-state index in [-0.39, 0.29) is 28.2 Å². The number of benzene rings is 2. The molecule has 3 N–H and O–H groups in total. The van der Waals surface area contributed by atoms with Crippen molar-refractivity contribution in [2.45, 2.75) is 5.54 Å². The number of hydrogen-bond donors (Lipinski definition) is 2. The fraction of sp³-hybridized carbons (Fsp3) is 0.0500. The molecule has 2 aliphatic rings. The second kappa shape index (κ2) is 5.31. The van der Waals surface area contributed by atoms with E-state index in [2.05, 4.69) is 0 Å². The van der Waals surface area contributed by atoms with E-state index in [1.54, 1.807) is 54.6 Å². The van der Waals surface area contributed by atoms with Gasteiger partial charge in [-0.15, -0.1) is 0 Å². The van der Waals surface area contributed by atoms with Gasteiger partial charge in [0.25, 0.3) is 0 Å². The molecule has 4 rings (SSSR count). The maximum Gasteiger partial charge on any atom is 0.198 e. The van der Waals surface area contributed by atoms with Crippen LogP contribution in [0.15, 0.2) is 60.7 Å². The van der Waals surface area contributed by atoms with E-state index in [1.165, 1.54) is 6.07 Å². The lowest BCUT2D eigenvalue weighted by molar-refractivity contribution is 0.0975. The molecule has 0 radical (unpaired) electrons. The zero-order valence-electron chi connectivity index (χ0n) is 13.0. The fourth-order valence-electron chi connectivity index (χ4n) is 3.34. The number of phenols is 1. The monoisotopic (exact) mass is 347 g/mol. The molecule has 0 bridgehead atoms. The van der Waals surface area contributed by atoms with Gasteiger partial charge < -0.3 is 10.8 Å². The van der Waals surface area contributed by atoms with Crippen LogP contribution >= 0.6 is 12.2 Å². The summed E-state index contributed by atoms with van der Waals surface area (Å²) >= 11 is 5.38. The van der Waals surface area contributed by atoms with E-state index in [1.807, 2.05) is 0 Å². The second-order valence-corrected chi connectivity index (χ2v) is 6.48. The molecule has 25 heavy (non-hydrogen) atoms. The number of fused-ring (bicyclic) bond motifs is 2. The van der Waals surface area contributed by atoms with E-state index < -0.39 is 11.3 Å². The van der Waals surface area contributed by atoms with Gasteiger partial charge in [0.1, 0.15) is 5.75 Å². The van der Waals surface area contributed by atoms with E-state index in [0.29, 0.717) is 16.0 Å². The lowest BCUT2D eigenvalue weighted by Crippen LogP contribution is -2.44. The average Bonchev–Trinajstić information content (AvgIpc) is 2.62. The van der Waals surface area contributed by atoms with Gasteiger partial charge in [-0.1, -0.05) is 60.8 Å². The minimum atomic E-state index is -1.19. The van der Waals surface area contributed by atoms with Gasteiger partial charge in [-0.05, 0) is 17.7 Å². The van der Waals surface area contributed by atoms with E-state index in [4.69, 9.17) is 18.0 Å². The van der Waals surface area contributed by atoms with Crippen molar-refractivity contribution in [1.29, 1.82) is 0 Å². The van der Waals surface area contributed by atoms with Crippen molar-refractivity contribution in [2.24, 2.45) is 5.73 Å². The molecule has 0 amide bonds. The number of carbonyl (C=O) groups is 2. The number of nitrogens with two attached hydrogens (primary N) is 1. The van der Waals surface area contributed by atoms with Gasteiger partial charge in [0, 0.05) is 21.6 Å². The third kappa shape index (κ3) is 2.06. The topological polar surface area (TPSA) is 80.4 Å². The molecule has 0 saturated heterocycles. The number of allylic oxidation sites excluding steroid dienone is 2. The minimum absolute atomic E-state index is 0.0169. The van der Waals surface area contributed by atoms with Crippen LogP contribution in [-0.4, -0.2) is 21.5 Å². The first-order valence-electron chi connectivity index (χ1n) is 7.69. The molecule has 0 aliphatic heterocycles. The predicted molar refractivity (Wildman–Crippen MR) is 98.2 cm³/mol. The van der Waals surface area contributed by atoms with Crippen LogP contribution in [-0.2, 0) is 5.54 Å². The smallest absolute Gasteiger partial charge is 0.198 e. The Morgan fingerprint density at radius 1 is 0.920 bits per heavy atom. The zero-order valence-corrected chi connectivity index (χ0v) is 13.8. The molecular formula is C20H13NO3S. The van der Waals surface area contributed by atoms with Crippen molar-refractivity contribution >= 4 is 28.6 Å². The Balaban J connectivity index is 2.05. The maximum atomic E-state index is 13.1. The van der Waals surface area contributed by atoms with Crippen molar-refractivity contribution < 1.29 is 14.7 Å². The molecule has 4 nitrogen and oxygen atoms in total. The van der Waals surface area contributed by atoms with Crippen LogP contribution in [0.4, 0.5) is 0 Å². The number of aromatic hydroxyl groups is 1. The van der Waals surface area contributed by atoms with Gasteiger partial charge in [-0.3, -0.25) is 9.59 Å². The molecule has 0 aromatic heterocycles. The Morgan fingerprint density at radius 3 is 2.20 bits per heavy atom. The van der Waals surface area contributed by atoms with Gasteiger partial charge >= 0.3 is 0 Å². The van der Waals surface area contributed by atoms with E-state index >= 15 is 0 Å². The van der Waals surface area contributed by atoms with Crippen molar-refractivity contribution in [1.82, 2.24) is 0 Å². The first kappa shape index (κ1) is 15.6. The number of rotatable bonds is 1. The summed E-state index contributed by atoms with van der Waals surface area (Å²) in [5.74, 6) is -0.975. The summed E-state index contributed by atoms with van der Waals surface area (Å²) in [4.78, 5) is 26.4. The predicted octanol–water partition coefficient (Wildman–Crippen LogP) is 2.82. The maximum absolute atomic E-state index is 13.1. The van der Waals surface area contributed by atoms with Crippen LogP contribution in [0, 0.1) is 0 Å². The number of carbonyl (C=O) groups excluding carboxylic acids is 2. The van der Waals surface area contributed by atoms with Gasteiger partial charge in [0.2, 0.25) is 0 Å². The van der Waals surface area contributed by atoms with Gasteiger partial charge in [0.15, 0.2) is 11.6 Å². The molecule has 2 aliphatic carbocycles. The van der Waals surface area contributed by atoms with Gasteiger partial charge in [0.05, 0.1) is 11.1 Å². The minimum Gasteiger partial charge on any atom is -0.507 e. The molecule has 0 fully saturated rings. The molecular weight excluding hydrogens is 334 g/mol. The standard InChI is InChI=1S/C20H13NO3S/c21-20(10-4-3-7-15(20)25)13-8-9-14(22)17-16(13)18(23)11-5-1-2-6-12(11)19(17)24/h1-10,22H,21H2. The summed E-state index contributed by atoms with van der Waals surface area (Å²) in [5.41, 5.74) is 6.41. The summed E-state index contributed by atoms with van der Waals surface area (Å²) < 4.78 is 0. The highest BCUT2D eigenvalue weighted by Crippen LogP contribution is 2.39. The van der Waals surface area contributed by atoms with E-state index in [0.717, 1.165) is 0 Å². The van der Waals surface area contributed by atoms with Crippen LogP contribution in [0.5, 0.6) is 5.75 Å². The Labute approximate surface area is 149 Å². The molecule has 5 heteroatoms. The molecule has 122 valence electrons. The number of thiocarbonyl (C=S) groups is 1. The van der Waals surface area contributed by atoms with Crippen molar-refractivity contribution in [3.63, 3.8) is 0 Å². The number of ketones is 2. The fourth-order valence-corrected chi connectivity index (χ4v) is 3.60. The quantitative estimate of drug-likeness (QED) is 0.662. The van der Waals surface area contributed by atoms with Crippen LogP contribution in [0.1, 0.15) is 37.4 Å². The van der Waals surface area contributed by atoms with Crippen LogP contribution in [0.3, 0.4) is 0 Å². The molecule has 1 unspecified atom stereocenters. The van der Waals surface area contributed by atoms with Crippen LogP contribution in [0.2, 0.25) is 0 Å². The molecule has 0 saturated carbocycles. The number of phenolic OH excluding ortho intramolecular Hbond substituents is 1. The Morgan fingerprint density at radius 2 is 1.56 bits per heavy atom. The first-order chi connectivity index (χ1) is 11.9.